The van der Waals surface area contributed by atoms with Crippen LogP contribution >= 0.6 is 23.2 Å². The number of hydrogen-bond acceptors (Lipinski definition) is 6. The largest absolute Gasteiger partial charge is 0.573 e. The molecule has 0 unspecified atom stereocenters. The molecule has 14 heteroatoms. The Kier molecular flexibility index (Phi) is 11.4. The van der Waals surface area contributed by atoms with Crippen LogP contribution in [-0.4, -0.2) is 35.3 Å². The fourth-order valence-corrected chi connectivity index (χ4v) is 5.37. The van der Waals surface area contributed by atoms with Gasteiger partial charge in [0.05, 0.1) is 5.69 Å². The molecule has 2 amide bonds. The van der Waals surface area contributed by atoms with E-state index in [9.17, 15) is 32.7 Å². The molecule has 1 fully saturated rings. The molecule has 0 heterocycles. The van der Waals surface area contributed by atoms with E-state index in [0.29, 0.717) is 58.3 Å². The fourth-order valence-electron chi connectivity index (χ4n) is 4.87. The quantitative estimate of drug-likeness (QED) is 0.162. The van der Waals surface area contributed by atoms with Gasteiger partial charge < -0.3 is 19.9 Å². The number of halogens is 5. The second-order valence-electron chi connectivity index (χ2n) is 10.5. The maximum absolute atomic E-state index is 12.9. The Bertz CT molecular complexity index is 1460. The first kappa shape index (κ1) is 33.7. The van der Waals surface area contributed by atoms with Crippen LogP contribution in [0.4, 0.5) is 18.9 Å². The van der Waals surface area contributed by atoms with Crippen LogP contribution in [0, 0.1) is 11.8 Å². The zero-order valence-corrected chi connectivity index (χ0v) is 25.2. The first-order valence-corrected chi connectivity index (χ1v) is 14.7. The lowest BCUT2D eigenvalue weighted by Crippen LogP contribution is -2.46. The number of carboxylic acid groups (broad SMARTS) is 1. The van der Waals surface area contributed by atoms with Gasteiger partial charge >= 0.3 is 12.3 Å². The zero-order valence-electron chi connectivity index (χ0n) is 23.7. The first-order valence-electron chi connectivity index (χ1n) is 14.0. The number of amides is 2. The molecule has 240 valence electrons. The molecule has 3 aromatic carbocycles. The number of ether oxygens (including phenoxy) is 2. The lowest BCUT2D eigenvalue weighted by atomic mass is 9.81. The van der Waals surface area contributed by atoms with Gasteiger partial charge in [0.25, 0.3) is 0 Å². The van der Waals surface area contributed by atoms with Gasteiger partial charge in [-0.25, -0.2) is 4.79 Å². The average molecular weight is 668 g/mol. The summed E-state index contributed by atoms with van der Waals surface area (Å²) in [6.45, 7) is 0.157. The van der Waals surface area contributed by atoms with Gasteiger partial charge in [0.15, 0.2) is 0 Å². The Morgan fingerprint density at radius 1 is 0.844 bits per heavy atom. The standard InChI is InChI=1S/C31H30Cl2F3N3O6/c32-25-2-1-3-26(33)24(25)17-44-22-12-4-18(5-13-22)16-27(30(42)43)37-28(40)19-6-8-20(9-7-19)29(41)39-38-21-10-14-23(15-11-21)45-31(34,35)36/h1-5,10-15,19-20,27,38H,6-9,16-17H2,(H,37,40)(H,39,41)(H,42,43)/t19?,20?,27-/m0/s1. The van der Waals surface area contributed by atoms with Crippen molar-refractivity contribution in [2.75, 3.05) is 5.43 Å². The summed E-state index contributed by atoms with van der Waals surface area (Å²) in [4.78, 5) is 37.5. The van der Waals surface area contributed by atoms with Crippen molar-refractivity contribution in [3.63, 3.8) is 0 Å². The normalized spacial score (nSPS) is 17.1. The van der Waals surface area contributed by atoms with Crippen LogP contribution in [0.5, 0.6) is 11.5 Å². The summed E-state index contributed by atoms with van der Waals surface area (Å²) in [5, 5.41) is 13.3. The molecule has 1 aliphatic carbocycles. The van der Waals surface area contributed by atoms with Crippen LogP contribution in [0.25, 0.3) is 0 Å². The van der Waals surface area contributed by atoms with Crippen molar-refractivity contribution in [3.05, 3.63) is 87.9 Å². The van der Waals surface area contributed by atoms with Gasteiger partial charge in [0.1, 0.15) is 24.1 Å². The molecule has 1 saturated carbocycles. The number of carbonyl (C=O) groups is 3. The van der Waals surface area contributed by atoms with Crippen molar-refractivity contribution in [1.82, 2.24) is 10.7 Å². The van der Waals surface area contributed by atoms with E-state index in [2.05, 4.69) is 20.9 Å². The van der Waals surface area contributed by atoms with Gasteiger partial charge in [-0.2, -0.15) is 0 Å². The van der Waals surface area contributed by atoms with Gasteiger partial charge in [-0.15, -0.1) is 13.2 Å². The van der Waals surface area contributed by atoms with Gasteiger partial charge in [-0.1, -0.05) is 41.4 Å². The molecule has 0 radical (unpaired) electrons. The van der Waals surface area contributed by atoms with E-state index in [4.69, 9.17) is 27.9 Å². The Labute approximate surface area is 267 Å². The number of aliphatic carboxylic acids is 1. The predicted molar refractivity (Wildman–Crippen MR) is 161 cm³/mol. The minimum absolute atomic E-state index is 0.0599. The molecule has 0 aliphatic heterocycles. The lowest BCUT2D eigenvalue weighted by Gasteiger charge is -2.28. The molecule has 1 aliphatic rings. The van der Waals surface area contributed by atoms with Crippen LogP contribution < -0.4 is 25.6 Å². The highest BCUT2D eigenvalue weighted by Crippen LogP contribution is 2.30. The number of hydrogen-bond donors (Lipinski definition) is 4. The first-order chi connectivity index (χ1) is 21.4. The van der Waals surface area contributed by atoms with Gasteiger partial charge in [-0.3, -0.25) is 20.4 Å². The summed E-state index contributed by atoms with van der Waals surface area (Å²) >= 11 is 12.4. The number of hydrazine groups is 1. The predicted octanol–water partition coefficient (Wildman–Crippen LogP) is 6.53. The fraction of sp³-hybridized carbons (Fsp3) is 0.323. The van der Waals surface area contributed by atoms with E-state index in [0.717, 1.165) is 12.1 Å². The summed E-state index contributed by atoms with van der Waals surface area (Å²) in [6.07, 6.45) is -3.15. The molecule has 0 spiro atoms. The molecule has 4 N–H and O–H groups in total. The van der Waals surface area contributed by atoms with Crippen molar-refractivity contribution >= 4 is 46.7 Å². The molecule has 0 bridgehead atoms. The molecule has 1 atom stereocenters. The Balaban J connectivity index is 1.21. The van der Waals surface area contributed by atoms with E-state index in [-0.39, 0.29) is 30.6 Å². The topological polar surface area (TPSA) is 126 Å². The molecule has 3 aromatic rings. The van der Waals surface area contributed by atoms with Crippen LogP contribution in [0.1, 0.15) is 36.8 Å². The smallest absolute Gasteiger partial charge is 0.489 e. The summed E-state index contributed by atoms with van der Waals surface area (Å²) < 4.78 is 46.5. The Morgan fingerprint density at radius 2 is 1.40 bits per heavy atom. The second-order valence-corrected chi connectivity index (χ2v) is 11.3. The number of benzene rings is 3. The highest BCUT2D eigenvalue weighted by Gasteiger charge is 2.32. The number of nitrogens with one attached hydrogen (secondary N) is 3. The number of anilines is 1. The van der Waals surface area contributed by atoms with Gasteiger partial charge in [-0.05, 0) is 79.8 Å². The average Bonchev–Trinajstić information content (AvgIpc) is 3.00. The van der Waals surface area contributed by atoms with E-state index < -0.39 is 30.2 Å². The third kappa shape index (κ3) is 10.2. The number of alkyl halides is 3. The van der Waals surface area contributed by atoms with Gasteiger partial charge in [0, 0.05) is 33.9 Å². The second kappa shape index (κ2) is 15.2. The maximum atomic E-state index is 12.9. The van der Waals surface area contributed by atoms with Crippen molar-refractivity contribution in [1.29, 1.82) is 0 Å². The molecule has 45 heavy (non-hydrogen) atoms. The lowest BCUT2D eigenvalue weighted by molar-refractivity contribution is -0.274. The van der Waals surface area contributed by atoms with Crippen LogP contribution in [-0.2, 0) is 27.4 Å². The molecule has 9 nitrogen and oxygen atoms in total. The zero-order chi connectivity index (χ0) is 32.6. The van der Waals surface area contributed by atoms with E-state index in [1.165, 1.54) is 12.1 Å². The minimum Gasteiger partial charge on any atom is -0.489 e. The summed E-state index contributed by atoms with van der Waals surface area (Å²) in [6, 6.07) is 15.7. The Morgan fingerprint density at radius 3 is 1.96 bits per heavy atom. The van der Waals surface area contributed by atoms with Crippen molar-refractivity contribution < 1.29 is 42.1 Å². The number of carbonyl (C=O) groups excluding carboxylic acids is 2. The van der Waals surface area contributed by atoms with Crippen LogP contribution in [0.3, 0.4) is 0 Å². The SMILES string of the molecule is O=C(NNc1ccc(OC(F)(F)F)cc1)C1CCC(C(=O)N[C@@H](Cc2ccc(OCc3c(Cl)cccc3Cl)cc2)C(=O)O)CC1. The van der Waals surface area contributed by atoms with Crippen molar-refractivity contribution in [2.24, 2.45) is 11.8 Å². The van der Waals surface area contributed by atoms with Gasteiger partial charge in [0.2, 0.25) is 11.8 Å². The Hall–Kier alpha value is -4.16. The third-order valence-electron chi connectivity index (χ3n) is 7.31. The maximum Gasteiger partial charge on any atom is 0.573 e. The molecule has 0 aromatic heterocycles. The highest BCUT2D eigenvalue weighted by molar-refractivity contribution is 6.35. The highest BCUT2D eigenvalue weighted by atomic mass is 35.5. The summed E-state index contributed by atoms with van der Waals surface area (Å²) in [7, 11) is 0. The monoisotopic (exact) mass is 667 g/mol. The van der Waals surface area contributed by atoms with E-state index in [1.807, 2.05) is 0 Å². The van der Waals surface area contributed by atoms with E-state index in [1.54, 1.807) is 42.5 Å². The summed E-state index contributed by atoms with van der Waals surface area (Å²) in [5.74, 6) is -2.58. The minimum atomic E-state index is -4.80. The van der Waals surface area contributed by atoms with Crippen molar-refractivity contribution in [3.8, 4) is 11.5 Å². The van der Waals surface area contributed by atoms with Crippen molar-refractivity contribution in [2.45, 2.75) is 51.1 Å². The molecule has 4 rings (SSSR count). The molecule has 0 saturated heterocycles. The molecular formula is C31H30Cl2F3N3O6. The van der Waals surface area contributed by atoms with Crippen LogP contribution in [0.15, 0.2) is 66.7 Å². The molecular weight excluding hydrogens is 638 g/mol. The van der Waals surface area contributed by atoms with E-state index >= 15 is 0 Å². The van der Waals surface area contributed by atoms with Crippen LogP contribution in [0.2, 0.25) is 10.0 Å². The third-order valence-corrected chi connectivity index (χ3v) is 8.02. The summed E-state index contributed by atoms with van der Waals surface area (Å²) in [5.41, 5.74) is 6.87. The number of carboxylic acids is 1. The number of rotatable bonds is 12.